The Kier molecular flexibility index (Phi) is 7.67. The highest BCUT2D eigenvalue weighted by Gasteiger charge is 2.18. The first kappa shape index (κ1) is 18.4. The van der Waals surface area contributed by atoms with Gasteiger partial charge in [0.05, 0.1) is 18.3 Å². The lowest BCUT2D eigenvalue weighted by molar-refractivity contribution is -0.0275. The fourth-order valence-corrected chi connectivity index (χ4v) is 1.97. The quantitative estimate of drug-likeness (QED) is 0.740. The maximum atomic E-state index is 6.07. The lowest BCUT2D eigenvalue weighted by atomic mass is 10.1. The Balaban J connectivity index is 2.62. The van der Waals surface area contributed by atoms with E-state index < -0.39 is 0 Å². The van der Waals surface area contributed by atoms with Crippen molar-refractivity contribution < 1.29 is 9.47 Å². The summed E-state index contributed by atoms with van der Waals surface area (Å²) in [4.78, 5) is 0. The van der Waals surface area contributed by atoms with E-state index in [1.54, 1.807) is 7.11 Å². The molecule has 0 radical (unpaired) electrons. The van der Waals surface area contributed by atoms with Crippen molar-refractivity contribution in [3.8, 4) is 0 Å². The van der Waals surface area contributed by atoms with Gasteiger partial charge >= 0.3 is 0 Å². The zero-order valence-corrected chi connectivity index (χ0v) is 14.5. The molecule has 4 heteroatoms. The Morgan fingerprint density at radius 1 is 1.19 bits per heavy atom. The van der Waals surface area contributed by atoms with Crippen LogP contribution in [0.4, 0.5) is 0 Å². The fourth-order valence-electron chi connectivity index (χ4n) is 1.84. The number of methoxy groups -OCH3 is 1. The van der Waals surface area contributed by atoms with E-state index in [9.17, 15) is 0 Å². The van der Waals surface area contributed by atoms with Crippen LogP contribution in [0, 0.1) is 0 Å². The van der Waals surface area contributed by atoms with Crippen LogP contribution in [0.25, 0.3) is 0 Å². The molecule has 0 saturated heterocycles. The highest BCUT2D eigenvalue weighted by molar-refractivity contribution is 6.30. The van der Waals surface area contributed by atoms with Crippen LogP contribution in [0.3, 0.4) is 0 Å². The molecule has 1 atom stereocenters. The Bertz CT molecular complexity index is 404. The van der Waals surface area contributed by atoms with Gasteiger partial charge in [-0.1, -0.05) is 37.6 Å². The van der Waals surface area contributed by atoms with Gasteiger partial charge in [0.25, 0.3) is 0 Å². The monoisotopic (exact) mass is 313 g/mol. The molecule has 0 aliphatic carbocycles. The first-order valence-corrected chi connectivity index (χ1v) is 7.87. The van der Waals surface area contributed by atoms with Crippen LogP contribution in [0.5, 0.6) is 0 Å². The Morgan fingerprint density at radius 2 is 1.81 bits per heavy atom. The average Bonchev–Trinajstić information content (AvgIpc) is 2.43. The van der Waals surface area contributed by atoms with Crippen molar-refractivity contribution in [2.24, 2.45) is 0 Å². The Morgan fingerprint density at radius 3 is 2.33 bits per heavy atom. The van der Waals surface area contributed by atoms with Gasteiger partial charge < -0.3 is 14.8 Å². The molecule has 0 amide bonds. The van der Waals surface area contributed by atoms with Gasteiger partial charge in [0.1, 0.15) is 0 Å². The molecule has 0 aliphatic heterocycles. The summed E-state index contributed by atoms with van der Waals surface area (Å²) in [6, 6.07) is 8.29. The summed E-state index contributed by atoms with van der Waals surface area (Å²) in [5.41, 5.74) is 0.985. The third kappa shape index (κ3) is 7.28. The van der Waals surface area contributed by atoms with E-state index >= 15 is 0 Å². The zero-order chi connectivity index (χ0) is 15.9. The second kappa shape index (κ2) is 8.74. The van der Waals surface area contributed by atoms with Gasteiger partial charge in [-0.15, -0.1) is 0 Å². The number of ether oxygens (including phenoxy) is 2. The lowest BCUT2D eigenvalue weighted by Gasteiger charge is -2.25. The fraction of sp³-hybridized carbons (Fsp3) is 0.647. The maximum absolute atomic E-state index is 6.07. The number of rotatable bonds is 9. The normalized spacial score (nSPS) is 13.7. The smallest absolute Gasteiger partial charge is 0.0949 e. The number of hydrogen-bond acceptors (Lipinski definition) is 3. The van der Waals surface area contributed by atoms with Crippen LogP contribution in [-0.4, -0.2) is 31.9 Å². The standard InChI is InChI=1S/C17H28ClNO2/c1-13(2)19-12-16(14-6-8-15(18)9-7-14)21-11-10-17(3,4)20-5/h6-9,13,16,19H,10-12H2,1-5H3. The summed E-state index contributed by atoms with van der Waals surface area (Å²) in [6.07, 6.45) is 0.882. The summed E-state index contributed by atoms with van der Waals surface area (Å²) in [5, 5.41) is 4.18. The molecule has 1 unspecified atom stereocenters. The molecule has 3 nitrogen and oxygen atoms in total. The second-order valence-electron chi connectivity index (χ2n) is 6.19. The van der Waals surface area contributed by atoms with Gasteiger partial charge in [-0.2, -0.15) is 0 Å². The lowest BCUT2D eigenvalue weighted by Crippen LogP contribution is -2.30. The number of benzene rings is 1. The van der Waals surface area contributed by atoms with Gasteiger partial charge in [0, 0.05) is 24.7 Å². The van der Waals surface area contributed by atoms with Crippen LogP contribution in [0.1, 0.15) is 45.8 Å². The summed E-state index contributed by atoms with van der Waals surface area (Å²) in [6.45, 7) is 9.85. The first-order valence-electron chi connectivity index (χ1n) is 7.49. The predicted octanol–water partition coefficient (Wildman–Crippen LogP) is 4.21. The van der Waals surface area contributed by atoms with Crippen molar-refractivity contribution in [1.29, 1.82) is 0 Å². The largest absolute Gasteiger partial charge is 0.379 e. The Labute approximate surface area is 134 Å². The molecular formula is C17H28ClNO2. The zero-order valence-electron chi connectivity index (χ0n) is 13.8. The minimum atomic E-state index is -0.157. The van der Waals surface area contributed by atoms with Crippen LogP contribution in [0.2, 0.25) is 5.02 Å². The molecule has 1 aromatic carbocycles. The van der Waals surface area contributed by atoms with E-state index in [0.29, 0.717) is 12.6 Å². The second-order valence-corrected chi connectivity index (χ2v) is 6.62. The van der Waals surface area contributed by atoms with E-state index in [4.69, 9.17) is 21.1 Å². The van der Waals surface area contributed by atoms with Crippen molar-refractivity contribution in [2.45, 2.75) is 51.9 Å². The summed E-state index contributed by atoms with van der Waals surface area (Å²) in [5.74, 6) is 0. The van der Waals surface area contributed by atoms with Crippen molar-refractivity contribution in [1.82, 2.24) is 5.32 Å². The van der Waals surface area contributed by atoms with Crippen molar-refractivity contribution >= 4 is 11.6 Å². The first-order chi connectivity index (χ1) is 9.84. The van der Waals surface area contributed by atoms with Crippen LogP contribution >= 0.6 is 11.6 Å². The van der Waals surface area contributed by atoms with Crippen LogP contribution in [-0.2, 0) is 9.47 Å². The topological polar surface area (TPSA) is 30.5 Å². The van der Waals surface area contributed by atoms with Gasteiger partial charge in [0.2, 0.25) is 0 Å². The molecule has 0 saturated carbocycles. The molecule has 0 spiro atoms. The van der Waals surface area contributed by atoms with Gasteiger partial charge in [-0.25, -0.2) is 0 Å². The maximum Gasteiger partial charge on any atom is 0.0949 e. The Hall–Kier alpha value is -0.610. The number of halogens is 1. The van der Waals surface area contributed by atoms with E-state index in [0.717, 1.165) is 23.6 Å². The third-order valence-corrected chi connectivity index (χ3v) is 3.78. The molecule has 21 heavy (non-hydrogen) atoms. The van der Waals surface area contributed by atoms with E-state index in [1.165, 1.54) is 0 Å². The molecule has 0 bridgehead atoms. The molecule has 0 aromatic heterocycles. The minimum absolute atomic E-state index is 0.0253. The molecule has 0 aliphatic rings. The number of nitrogens with one attached hydrogen (secondary N) is 1. The van der Waals surface area contributed by atoms with Gasteiger partial charge in [-0.05, 0) is 38.0 Å². The minimum Gasteiger partial charge on any atom is -0.379 e. The summed E-state index contributed by atoms with van der Waals surface area (Å²) < 4.78 is 11.5. The highest BCUT2D eigenvalue weighted by Crippen LogP contribution is 2.21. The van der Waals surface area contributed by atoms with E-state index in [1.807, 2.05) is 24.3 Å². The van der Waals surface area contributed by atoms with E-state index in [2.05, 4.69) is 33.0 Å². The van der Waals surface area contributed by atoms with Gasteiger partial charge in [-0.3, -0.25) is 0 Å². The molecule has 1 N–H and O–H groups in total. The van der Waals surface area contributed by atoms with Gasteiger partial charge in [0.15, 0.2) is 0 Å². The summed E-state index contributed by atoms with van der Waals surface area (Å²) >= 11 is 5.95. The van der Waals surface area contributed by atoms with E-state index in [-0.39, 0.29) is 11.7 Å². The predicted molar refractivity (Wildman–Crippen MR) is 89.0 cm³/mol. The molecule has 1 aromatic rings. The molecule has 0 heterocycles. The molecular weight excluding hydrogens is 286 g/mol. The van der Waals surface area contributed by atoms with Crippen molar-refractivity contribution in [2.75, 3.05) is 20.3 Å². The van der Waals surface area contributed by atoms with Crippen LogP contribution < -0.4 is 5.32 Å². The average molecular weight is 314 g/mol. The molecule has 1 rings (SSSR count). The molecule has 0 fully saturated rings. The molecule has 120 valence electrons. The summed E-state index contributed by atoms with van der Waals surface area (Å²) in [7, 11) is 1.73. The number of hydrogen-bond donors (Lipinski definition) is 1. The van der Waals surface area contributed by atoms with Crippen molar-refractivity contribution in [3.63, 3.8) is 0 Å². The third-order valence-electron chi connectivity index (χ3n) is 3.53. The van der Waals surface area contributed by atoms with Crippen molar-refractivity contribution in [3.05, 3.63) is 34.9 Å². The highest BCUT2D eigenvalue weighted by atomic mass is 35.5. The van der Waals surface area contributed by atoms with Crippen LogP contribution in [0.15, 0.2) is 24.3 Å². The SMILES string of the molecule is COC(C)(C)CCOC(CNC(C)C)c1ccc(Cl)cc1.